The van der Waals surface area contributed by atoms with Crippen LogP contribution in [0.1, 0.15) is 25.3 Å². The SMILES string of the molecule is CCN1CCC(NCc2cc(OC)c(OC)c(OC)c2)CC1. The fraction of sp³-hybridized carbons (Fsp3) is 0.647. The van der Waals surface area contributed by atoms with Gasteiger partial charge in [-0.1, -0.05) is 6.92 Å². The largest absolute Gasteiger partial charge is 0.493 e. The lowest BCUT2D eigenvalue weighted by Gasteiger charge is -2.31. The molecule has 5 heteroatoms. The maximum atomic E-state index is 5.40. The number of methoxy groups -OCH3 is 3. The normalized spacial score (nSPS) is 16.5. The molecule has 0 aromatic heterocycles. The summed E-state index contributed by atoms with van der Waals surface area (Å²) in [5.41, 5.74) is 1.15. The molecule has 1 N–H and O–H groups in total. The van der Waals surface area contributed by atoms with Gasteiger partial charge in [0.15, 0.2) is 11.5 Å². The summed E-state index contributed by atoms with van der Waals surface area (Å²) in [6.45, 7) is 6.56. The summed E-state index contributed by atoms with van der Waals surface area (Å²) in [7, 11) is 4.92. The summed E-state index contributed by atoms with van der Waals surface area (Å²) < 4.78 is 16.2. The molecule has 2 rings (SSSR count). The van der Waals surface area contributed by atoms with Gasteiger partial charge in [0.05, 0.1) is 21.3 Å². The molecule has 22 heavy (non-hydrogen) atoms. The number of benzene rings is 1. The van der Waals surface area contributed by atoms with Crippen LogP contribution in [-0.4, -0.2) is 51.9 Å². The predicted molar refractivity (Wildman–Crippen MR) is 88.1 cm³/mol. The van der Waals surface area contributed by atoms with Gasteiger partial charge in [0, 0.05) is 12.6 Å². The van der Waals surface area contributed by atoms with Gasteiger partial charge in [0.2, 0.25) is 5.75 Å². The summed E-state index contributed by atoms with van der Waals surface area (Å²) in [6.07, 6.45) is 2.41. The molecule has 0 radical (unpaired) electrons. The van der Waals surface area contributed by atoms with Crippen molar-refractivity contribution >= 4 is 0 Å². The van der Waals surface area contributed by atoms with Gasteiger partial charge in [-0.05, 0) is 50.2 Å². The van der Waals surface area contributed by atoms with Crippen molar-refractivity contribution in [3.63, 3.8) is 0 Å². The van der Waals surface area contributed by atoms with E-state index in [-0.39, 0.29) is 0 Å². The van der Waals surface area contributed by atoms with Gasteiger partial charge in [0.25, 0.3) is 0 Å². The van der Waals surface area contributed by atoms with Gasteiger partial charge < -0.3 is 24.4 Å². The summed E-state index contributed by atoms with van der Waals surface area (Å²) in [5, 5.41) is 3.64. The Balaban J connectivity index is 1.98. The Morgan fingerprint density at radius 2 is 1.64 bits per heavy atom. The zero-order valence-electron chi connectivity index (χ0n) is 14.1. The predicted octanol–water partition coefficient (Wildman–Crippen LogP) is 2.29. The molecular formula is C17H28N2O3. The molecule has 5 nitrogen and oxygen atoms in total. The highest BCUT2D eigenvalue weighted by molar-refractivity contribution is 5.53. The maximum absolute atomic E-state index is 5.40. The van der Waals surface area contributed by atoms with Crippen LogP contribution < -0.4 is 19.5 Å². The molecule has 1 aliphatic heterocycles. The Hall–Kier alpha value is -1.46. The lowest BCUT2D eigenvalue weighted by atomic mass is 10.0. The lowest BCUT2D eigenvalue weighted by Crippen LogP contribution is -2.42. The Labute approximate surface area is 133 Å². The van der Waals surface area contributed by atoms with E-state index in [2.05, 4.69) is 17.1 Å². The van der Waals surface area contributed by atoms with Crippen LogP contribution in [0.3, 0.4) is 0 Å². The molecule has 1 saturated heterocycles. The minimum absolute atomic E-state index is 0.585. The van der Waals surface area contributed by atoms with Crippen molar-refractivity contribution in [3.05, 3.63) is 17.7 Å². The van der Waals surface area contributed by atoms with Crippen LogP contribution in [0.4, 0.5) is 0 Å². The van der Waals surface area contributed by atoms with Crippen molar-refractivity contribution in [2.24, 2.45) is 0 Å². The Bertz CT molecular complexity index is 446. The van der Waals surface area contributed by atoms with E-state index >= 15 is 0 Å². The van der Waals surface area contributed by atoms with Gasteiger partial charge in [-0.2, -0.15) is 0 Å². The van der Waals surface area contributed by atoms with Crippen LogP contribution >= 0.6 is 0 Å². The zero-order chi connectivity index (χ0) is 15.9. The van der Waals surface area contributed by atoms with Crippen molar-refractivity contribution in [2.75, 3.05) is 41.0 Å². The van der Waals surface area contributed by atoms with Crippen molar-refractivity contribution in [2.45, 2.75) is 32.4 Å². The molecule has 0 spiro atoms. The Morgan fingerprint density at radius 1 is 1.05 bits per heavy atom. The van der Waals surface area contributed by atoms with Gasteiger partial charge in [0.1, 0.15) is 0 Å². The minimum atomic E-state index is 0.585. The molecule has 0 saturated carbocycles. The average Bonchev–Trinajstić information content (AvgIpc) is 2.59. The van der Waals surface area contributed by atoms with Gasteiger partial charge in [-0.3, -0.25) is 0 Å². The number of rotatable bonds is 7. The van der Waals surface area contributed by atoms with Crippen LogP contribution in [0.2, 0.25) is 0 Å². The van der Waals surface area contributed by atoms with Gasteiger partial charge in [-0.25, -0.2) is 0 Å². The second-order valence-corrected chi connectivity index (χ2v) is 5.62. The van der Waals surface area contributed by atoms with Gasteiger partial charge in [-0.15, -0.1) is 0 Å². The molecule has 1 aromatic rings. The average molecular weight is 308 g/mol. The topological polar surface area (TPSA) is 43.0 Å². The van der Waals surface area contributed by atoms with E-state index in [0.29, 0.717) is 23.3 Å². The number of hydrogen-bond donors (Lipinski definition) is 1. The van der Waals surface area contributed by atoms with E-state index in [1.807, 2.05) is 12.1 Å². The molecule has 0 aliphatic carbocycles. The first kappa shape index (κ1) is 16.9. The molecule has 1 heterocycles. The molecule has 1 aromatic carbocycles. The van der Waals surface area contributed by atoms with Crippen LogP contribution in [0.15, 0.2) is 12.1 Å². The van der Waals surface area contributed by atoms with Crippen LogP contribution in [0.5, 0.6) is 17.2 Å². The summed E-state index contributed by atoms with van der Waals surface area (Å²) in [6, 6.07) is 4.60. The van der Waals surface area contributed by atoms with Crippen molar-refractivity contribution < 1.29 is 14.2 Å². The van der Waals surface area contributed by atoms with Gasteiger partial charge >= 0.3 is 0 Å². The zero-order valence-corrected chi connectivity index (χ0v) is 14.1. The summed E-state index contributed by atoms with van der Waals surface area (Å²) in [4.78, 5) is 2.50. The van der Waals surface area contributed by atoms with Crippen molar-refractivity contribution in [1.29, 1.82) is 0 Å². The fourth-order valence-corrected chi connectivity index (χ4v) is 2.95. The molecule has 0 bridgehead atoms. The molecule has 1 aliphatic rings. The quantitative estimate of drug-likeness (QED) is 0.837. The summed E-state index contributed by atoms with van der Waals surface area (Å²) >= 11 is 0. The number of hydrogen-bond acceptors (Lipinski definition) is 5. The third-order valence-corrected chi connectivity index (χ3v) is 4.35. The second-order valence-electron chi connectivity index (χ2n) is 5.62. The molecule has 1 fully saturated rings. The summed E-state index contributed by atoms with van der Waals surface area (Å²) in [5.74, 6) is 2.06. The standard InChI is InChI=1S/C17H28N2O3/c1-5-19-8-6-14(7-9-19)18-12-13-10-15(20-2)17(22-4)16(11-13)21-3/h10-11,14,18H,5-9,12H2,1-4H3. The highest BCUT2D eigenvalue weighted by Crippen LogP contribution is 2.38. The highest BCUT2D eigenvalue weighted by Gasteiger charge is 2.18. The van der Waals surface area contributed by atoms with E-state index in [4.69, 9.17) is 14.2 Å². The van der Waals surface area contributed by atoms with Crippen molar-refractivity contribution in [3.8, 4) is 17.2 Å². The molecule has 124 valence electrons. The minimum Gasteiger partial charge on any atom is -0.493 e. The first-order valence-corrected chi connectivity index (χ1v) is 7.96. The lowest BCUT2D eigenvalue weighted by molar-refractivity contribution is 0.206. The third-order valence-electron chi connectivity index (χ3n) is 4.35. The van der Waals surface area contributed by atoms with E-state index in [0.717, 1.165) is 18.7 Å². The van der Waals surface area contributed by atoms with E-state index < -0.39 is 0 Å². The van der Waals surface area contributed by atoms with E-state index in [1.165, 1.54) is 25.9 Å². The molecule has 0 unspecified atom stereocenters. The van der Waals surface area contributed by atoms with E-state index in [9.17, 15) is 0 Å². The fourth-order valence-electron chi connectivity index (χ4n) is 2.95. The molecule has 0 amide bonds. The third kappa shape index (κ3) is 4.05. The van der Waals surface area contributed by atoms with E-state index in [1.54, 1.807) is 21.3 Å². The number of ether oxygens (including phenoxy) is 3. The van der Waals surface area contributed by atoms with Crippen LogP contribution in [0, 0.1) is 0 Å². The van der Waals surface area contributed by atoms with Crippen LogP contribution in [-0.2, 0) is 6.54 Å². The molecule has 0 atom stereocenters. The van der Waals surface area contributed by atoms with Crippen molar-refractivity contribution in [1.82, 2.24) is 10.2 Å². The monoisotopic (exact) mass is 308 g/mol. The second kappa shape index (κ2) is 8.25. The smallest absolute Gasteiger partial charge is 0.203 e. The number of nitrogens with zero attached hydrogens (tertiary/aromatic N) is 1. The Morgan fingerprint density at radius 3 is 2.09 bits per heavy atom. The highest BCUT2D eigenvalue weighted by atomic mass is 16.5. The molecular weight excluding hydrogens is 280 g/mol. The number of nitrogens with one attached hydrogen (secondary N) is 1. The Kier molecular flexibility index (Phi) is 6.34. The first-order valence-electron chi connectivity index (χ1n) is 7.96. The number of likely N-dealkylation sites (tertiary alicyclic amines) is 1. The number of piperidine rings is 1. The first-order chi connectivity index (χ1) is 10.7. The van der Waals surface area contributed by atoms with Crippen LogP contribution in [0.25, 0.3) is 0 Å². The maximum Gasteiger partial charge on any atom is 0.203 e.